The minimum Gasteiger partial charge on any atom is -0.394 e. The summed E-state index contributed by atoms with van der Waals surface area (Å²) >= 11 is 0. The van der Waals surface area contributed by atoms with Crippen molar-refractivity contribution < 1.29 is 5.11 Å². The number of nitrogens with one attached hydrogen (secondary N) is 2. The molecular weight excluding hydrogens is 216 g/mol. The van der Waals surface area contributed by atoms with Crippen LogP contribution in [0.5, 0.6) is 0 Å². The Kier molecular flexibility index (Phi) is 4.69. The molecule has 0 aliphatic rings. The molecule has 0 saturated carbocycles. The minimum absolute atomic E-state index is 0.0729. The SMILES string of the molecule is CCNc1ncnc(NC(C)(CC)CO)c1C. The molecule has 1 aromatic heterocycles. The molecule has 17 heavy (non-hydrogen) atoms. The van der Waals surface area contributed by atoms with Gasteiger partial charge in [-0.2, -0.15) is 0 Å². The fourth-order valence-electron chi connectivity index (χ4n) is 1.45. The Hall–Kier alpha value is -1.36. The lowest BCUT2D eigenvalue weighted by molar-refractivity contribution is 0.218. The lowest BCUT2D eigenvalue weighted by atomic mass is 10.00. The highest BCUT2D eigenvalue weighted by atomic mass is 16.3. The molecule has 96 valence electrons. The van der Waals surface area contributed by atoms with Gasteiger partial charge in [0.15, 0.2) is 0 Å². The Balaban J connectivity index is 2.95. The van der Waals surface area contributed by atoms with Crippen molar-refractivity contribution in [1.29, 1.82) is 0 Å². The van der Waals surface area contributed by atoms with Crippen molar-refractivity contribution in [3.05, 3.63) is 11.9 Å². The number of aliphatic hydroxyl groups excluding tert-OH is 1. The predicted molar refractivity (Wildman–Crippen MR) is 70.3 cm³/mol. The van der Waals surface area contributed by atoms with Gasteiger partial charge in [-0.3, -0.25) is 0 Å². The van der Waals surface area contributed by atoms with Gasteiger partial charge >= 0.3 is 0 Å². The van der Waals surface area contributed by atoms with Crippen molar-refractivity contribution in [2.24, 2.45) is 0 Å². The molecule has 0 aliphatic heterocycles. The second-order valence-electron chi connectivity index (χ2n) is 4.42. The number of aromatic nitrogens is 2. The topological polar surface area (TPSA) is 70.1 Å². The lowest BCUT2D eigenvalue weighted by Gasteiger charge is -2.28. The van der Waals surface area contributed by atoms with Gasteiger partial charge < -0.3 is 15.7 Å². The van der Waals surface area contributed by atoms with E-state index >= 15 is 0 Å². The second-order valence-corrected chi connectivity index (χ2v) is 4.42. The monoisotopic (exact) mass is 238 g/mol. The quantitative estimate of drug-likeness (QED) is 0.705. The summed E-state index contributed by atoms with van der Waals surface area (Å²) in [4.78, 5) is 8.41. The molecule has 0 amide bonds. The number of hydrogen-bond donors (Lipinski definition) is 3. The lowest BCUT2D eigenvalue weighted by Crippen LogP contribution is -2.38. The third-order valence-corrected chi connectivity index (χ3v) is 2.98. The van der Waals surface area contributed by atoms with Crippen LogP contribution in [0.3, 0.4) is 0 Å². The van der Waals surface area contributed by atoms with Crippen LogP contribution in [0.2, 0.25) is 0 Å². The van der Waals surface area contributed by atoms with E-state index < -0.39 is 0 Å². The second kappa shape index (κ2) is 5.82. The summed E-state index contributed by atoms with van der Waals surface area (Å²) in [6.07, 6.45) is 2.35. The number of anilines is 2. The summed E-state index contributed by atoms with van der Waals surface area (Å²) in [6, 6.07) is 0. The normalized spacial score (nSPS) is 14.2. The molecule has 5 heteroatoms. The molecule has 0 bridgehead atoms. The first-order valence-electron chi connectivity index (χ1n) is 6.00. The molecule has 0 aliphatic carbocycles. The van der Waals surface area contributed by atoms with Crippen LogP contribution in [0.1, 0.15) is 32.8 Å². The maximum Gasteiger partial charge on any atom is 0.134 e. The summed E-state index contributed by atoms with van der Waals surface area (Å²) in [7, 11) is 0. The van der Waals surface area contributed by atoms with E-state index in [0.29, 0.717) is 0 Å². The van der Waals surface area contributed by atoms with Crippen molar-refractivity contribution in [3.8, 4) is 0 Å². The molecule has 0 fully saturated rings. The summed E-state index contributed by atoms with van der Waals surface area (Å²) in [5.41, 5.74) is 0.630. The van der Waals surface area contributed by atoms with E-state index in [4.69, 9.17) is 0 Å². The fraction of sp³-hybridized carbons (Fsp3) is 0.667. The van der Waals surface area contributed by atoms with Crippen molar-refractivity contribution in [3.63, 3.8) is 0 Å². The summed E-state index contributed by atoms with van der Waals surface area (Å²) in [5.74, 6) is 1.61. The highest BCUT2D eigenvalue weighted by Gasteiger charge is 2.22. The van der Waals surface area contributed by atoms with Gasteiger partial charge in [0.25, 0.3) is 0 Å². The van der Waals surface area contributed by atoms with Gasteiger partial charge in [-0.1, -0.05) is 6.92 Å². The van der Waals surface area contributed by atoms with E-state index in [2.05, 4.69) is 20.6 Å². The molecule has 0 saturated heterocycles. The van der Waals surface area contributed by atoms with Gasteiger partial charge in [0.05, 0.1) is 12.1 Å². The minimum atomic E-state index is -0.345. The Morgan fingerprint density at radius 3 is 2.47 bits per heavy atom. The third-order valence-electron chi connectivity index (χ3n) is 2.98. The molecule has 1 aromatic rings. The highest BCUT2D eigenvalue weighted by molar-refractivity contribution is 5.57. The molecule has 1 unspecified atom stereocenters. The largest absolute Gasteiger partial charge is 0.394 e. The standard InChI is InChI=1S/C12H22N4O/c1-5-12(4,7-17)16-11-9(3)10(13-6-2)14-8-15-11/h8,17H,5-7H2,1-4H3,(H2,13,14,15,16). The van der Waals surface area contributed by atoms with Gasteiger partial charge in [0, 0.05) is 12.1 Å². The predicted octanol–water partition coefficient (Wildman–Crippen LogP) is 1.79. The average Bonchev–Trinajstić information content (AvgIpc) is 2.34. The van der Waals surface area contributed by atoms with Crippen LogP contribution in [0.25, 0.3) is 0 Å². The molecule has 0 aromatic carbocycles. The van der Waals surface area contributed by atoms with Gasteiger partial charge in [0.1, 0.15) is 18.0 Å². The zero-order chi connectivity index (χ0) is 12.9. The van der Waals surface area contributed by atoms with Crippen LogP contribution in [-0.4, -0.2) is 33.8 Å². The zero-order valence-corrected chi connectivity index (χ0v) is 11.0. The van der Waals surface area contributed by atoms with E-state index in [0.717, 1.165) is 30.2 Å². The first-order valence-corrected chi connectivity index (χ1v) is 6.00. The highest BCUT2D eigenvalue weighted by Crippen LogP contribution is 2.22. The molecule has 1 heterocycles. The molecule has 1 rings (SSSR count). The molecular formula is C12H22N4O. The van der Waals surface area contributed by atoms with Crippen LogP contribution < -0.4 is 10.6 Å². The first kappa shape index (κ1) is 13.7. The van der Waals surface area contributed by atoms with Crippen molar-refractivity contribution >= 4 is 11.6 Å². The molecule has 0 spiro atoms. The number of rotatable bonds is 6. The van der Waals surface area contributed by atoms with Crippen molar-refractivity contribution in [1.82, 2.24) is 9.97 Å². The van der Waals surface area contributed by atoms with E-state index in [9.17, 15) is 5.11 Å². The average molecular weight is 238 g/mol. The summed E-state index contributed by atoms with van der Waals surface area (Å²) in [5, 5.41) is 15.9. The number of aliphatic hydroxyl groups is 1. The van der Waals surface area contributed by atoms with Crippen molar-refractivity contribution in [2.45, 2.75) is 39.7 Å². The Morgan fingerprint density at radius 2 is 1.94 bits per heavy atom. The van der Waals surface area contributed by atoms with E-state index in [1.807, 2.05) is 27.7 Å². The van der Waals surface area contributed by atoms with Crippen LogP contribution in [0, 0.1) is 6.92 Å². The van der Waals surface area contributed by atoms with E-state index in [1.165, 1.54) is 6.33 Å². The van der Waals surface area contributed by atoms with Crippen LogP contribution in [0.15, 0.2) is 6.33 Å². The van der Waals surface area contributed by atoms with Crippen LogP contribution >= 0.6 is 0 Å². The number of hydrogen-bond acceptors (Lipinski definition) is 5. The Bertz CT molecular complexity index is 364. The Morgan fingerprint density at radius 1 is 1.29 bits per heavy atom. The molecule has 0 radical (unpaired) electrons. The van der Waals surface area contributed by atoms with Gasteiger partial charge in [0.2, 0.25) is 0 Å². The molecule has 3 N–H and O–H groups in total. The van der Waals surface area contributed by atoms with Crippen LogP contribution in [0.4, 0.5) is 11.6 Å². The summed E-state index contributed by atoms with van der Waals surface area (Å²) < 4.78 is 0. The summed E-state index contributed by atoms with van der Waals surface area (Å²) in [6.45, 7) is 8.89. The van der Waals surface area contributed by atoms with Crippen LogP contribution in [-0.2, 0) is 0 Å². The smallest absolute Gasteiger partial charge is 0.134 e. The molecule has 1 atom stereocenters. The van der Waals surface area contributed by atoms with E-state index in [1.54, 1.807) is 0 Å². The maximum absolute atomic E-state index is 9.39. The number of nitrogens with zero attached hydrogens (tertiary/aromatic N) is 2. The van der Waals surface area contributed by atoms with Gasteiger partial charge in [-0.25, -0.2) is 9.97 Å². The first-order chi connectivity index (χ1) is 8.06. The third kappa shape index (κ3) is 3.30. The van der Waals surface area contributed by atoms with Gasteiger partial charge in [-0.05, 0) is 27.2 Å². The fourth-order valence-corrected chi connectivity index (χ4v) is 1.45. The van der Waals surface area contributed by atoms with Crippen molar-refractivity contribution in [2.75, 3.05) is 23.8 Å². The zero-order valence-electron chi connectivity index (χ0n) is 11.0. The Labute approximate surface area is 103 Å². The van der Waals surface area contributed by atoms with E-state index in [-0.39, 0.29) is 12.1 Å². The molecule has 5 nitrogen and oxygen atoms in total. The van der Waals surface area contributed by atoms with Gasteiger partial charge in [-0.15, -0.1) is 0 Å². The maximum atomic E-state index is 9.39.